The van der Waals surface area contributed by atoms with Crippen LogP contribution < -0.4 is 10.6 Å². The fourth-order valence-corrected chi connectivity index (χ4v) is 1.46. The van der Waals surface area contributed by atoms with Gasteiger partial charge in [-0.25, -0.2) is 0 Å². The predicted molar refractivity (Wildman–Crippen MR) is 73.2 cm³/mol. The summed E-state index contributed by atoms with van der Waals surface area (Å²) >= 11 is 0. The lowest BCUT2D eigenvalue weighted by atomic mass is 10.2. The Kier molecular flexibility index (Phi) is 10.2. The van der Waals surface area contributed by atoms with Gasteiger partial charge >= 0.3 is 0 Å². The Bertz CT molecular complexity index is 197. The zero-order chi connectivity index (χ0) is 13.1. The molecule has 0 saturated carbocycles. The van der Waals surface area contributed by atoms with Crippen LogP contribution in [0.3, 0.4) is 0 Å². The van der Waals surface area contributed by atoms with E-state index in [1.807, 2.05) is 6.92 Å². The van der Waals surface area contributed by atoms with E-state index in [9.17, 15) is 4.79 Å². The van der Waals surface area contributed by atoms with Crippen LogP contribution in [-0.4, -0.2) is 50.1 Å². The Morgan fingerprint density at radius 2 is 1.94 bits per heavy atom. The van der Waals surface area contributed by atoms with Crippen LogP contribution in [0.25, 0.3) is 0 Å². The van der Waals surface area contributed by atoms with Crippen molar-refractivity contribution >= 4 is 5.91 Å². The molecule has 0 aromatic rings. The first-order valence-corrected chi connectivity index (χ1v) is 6.81. The van der Waals surface area contributed by atoms with E-state index in [-0.39, 0.29) is 11.9 Å². The second-order valence-electron chi connectivity index (χ2n) is 4.57. The van der Waals surface area contributed by atoms with E-state index in [1.165, 1.54) is 12.8 Å². The lowest BCUT2D eigenvalue weighted by Crippen LogP contribution is -2.44. The van der Waals surface area contributed by atoms with Crippen LogP contribution in [0.5, 0.6) is 0 Å². The number of carbonyl (C=O) groups is 1. The summed E-state index contributed by atoms with van der Waals surface area (Å²) in [6.07, 6.45) is 3.45. The topological polar surface area (TPSA) is 44.4 Å². The van der Waals surface area contributed by atoms with Crippen LogP contribution in [0.2, 0.25) is 0 Å². The van der Waals surface area contributed by atoms with Gasteiger partial charge in [-0.1, -0.05) is 26.7 Å². The first-order chi connectivity index (χ1) is 8.11. The number of rotatable bonds is 10. The van der Waals surface area contributed by atoms with Gasteiger partial charge < -0.3 is 15.5 Å². The van der Waals surface area contributed by atoms with Crippen LogP contribution in [0.1, 0.15) is 40.0 Å². The molecule has 0 saturated heterocycles. The normalized spacial score (nSPS) is 12.8. The van der Waals surface area contributed by atoms with Crippen molar-refractivity contribution in [3.05, 3.63) is 0 Å². The van der Waals surface area contributed by atoms with Gasteiger partial charge in [-0.15, -0.1) is 0 Å². The molecule has 1 amide bonds. The molecule has 2 N–H and O–H groups in total. The van der Waals surface area contributed by atoms with Gasteiger partial charge in [-0.05, 0) is 26.9 Å². The van der Waals surface area contributed by atoms with E-state index >= 15 is 0 Å². The third-order valence-electron chi connectivity index (χ3n) is 2.96. The molecule has 0 radical (unpaired) electrons. The zero-order valence-electron chi connectivity index (χ0n) is 11.9. The molecule has 0 aliphatic rings. The van der Waals surface area contributed by atoms with Gasteiger partial charge in [0.15, 0.2) is 0 Å². The van der Waals surface area contributed by atoms with Gasteiger partial charge in [0.1, 0.15) is 0 Å². The summed E-state index contributed by atoms with van der Waals surface area (Å²) in [6, 6.07) is -0.0955. The number of carbonyl (C=O) groups excluding carboxylic acids is 1. The summed E-state index contributed by atoms with van der Waals surface area (Å²) in [4.78, 5) is 13.9. The molecule has 0 aliphatic heterocycles. The summed E-state index contributed by atoms with van der Waals surface area (Å²) in [5.74, 6) is 0.111. The summed E-state index contributed by atoms with van der Waals surface area (Å²) < 4.78 is 0. The molecule has 0 rings (SSSR count). The maximum atomic E-state index is 11.7. The number of nitrogens with one attached hydrogen (secondary N) is 2. The van der Waals surface area contributed by atoms with E-state index in [0.717, 1.165) is 32.6 Å². The molecule has 0 bridgehead atoms. The molecule has 0 aromatic carbocycles. The second-order valence-corrected chi connectivity index (χ2v) is 4.57. The minimum absolute atomic E-state index is 0.0955. The number of nitrogens with zero attached hydrogens (tertiary/aromatic N) is 1. The molecule has 4 nitrogen and oxygen atoms in total. The Labute approximate surface area is 106 Å². The van der Waals surface area contributed by atoms with E-state index in [0.29, 0.717) is 0 Å². The third kappa shape index (κ3) is 9.12. The molecule has 0 spiro atoms. The summed E-state index contributed by atoms with van der Waals surface area (Å²) in [5.41, 5.74) is 0. The van der Waals surface area contributed by atoms with Crippen molar-refractivity contribution in [3.63, 3.8) is 0 Å². The number of hydrogen-bond donors (Lipinski definition) is 2. The van der Waals surface area contributed by atoms with Gasteiger partial charge in [-0.3, -0.25) is 4.79 Å². The fraction of sp³-hybridized carbons (Fsp3) is 0.923. The average molecular weight is 243 g/mol. The van der Waals surface area contributed by atoms with Gasteiger partial charge in [0, 0.05) is 19.6 Å². The molecule has 17 heavy (non-hydrogen) atoms. The zero-order valence-corrected chi connectivity index (χ0v) is 11.9. The molecule has 0 aromatic heterocycles. The number of likely N-dealkylation sites (N-methyl/N-ethyl adjacent to an activating group) is 1. The first kappa shape index (κ1) is 16.4. The molecule has 1 atom stereocenters. The summed E-state index contributed by atoms with van der Waals surface area (Å²) in [5, 5.41) is 6.19. The van der Waals surface area contributed by atoms with Gasteiger partial charge in [0.25, 0.3) is 0 Å². The monoisotopic (exact) mass is 243 g/mol. The van der Waals surface area contributed by atoms with Crippen LogP contribution in [-0.2, 0) is 4.79 Å². The van der Waals surface area contributed by atoms with Crippen molar-refractivity contribution in [2.24, 2.45) is 0 Å². The molecule has 1 unspecified atom stereocenters. The highest BCUT2D eigenvalue weighted by atomic mass is 16.2. The smallest absolute Gasteiger partial charge is 0.236 e. The van der Waals surface area contributed by atoms with Crippen LogP contribution in [0.4, 0.5) is 0 Å². The van der Waals surface area contributed by atoms with Crippen molar-refractivity contribution in [1.82, 2.24) is 15.5 Å². The standard InChI is InChI=1S/C13H29N3O/c1-5-7-8-9-15-13(17)12(3)14-10-11-16(4)6-2/h12,14H,5-11H2,1-4H3,(H,15,17). The number of amides is 1. The predicted octanol–water partition coefficient (Wildman–Crippen LogP) is 1.22. The van der Waals surface area contributed by atoms with Gasteiger partial charge in [0.2, 0.25) is 5.91 Å². The van der Waals surface area contributed by atoms with Crippen molar-refractivity contribution in [1.29, 1.82) is 0 Å². The van der Waals surface area contributed by atoms with Crippen molar-refractivity contribution in [3.8, 4) is 0 Å². The Morgan fingerprint density at radius 3 is 2.53 bits per heavy atom. The lowest BCUT2D eigenvalue weighted by Gasteiger charge is -2.17. The molecule has 0 aliphatic carbocycles. The third-order valence-corrected chi connectivity index (χ3v) is 2.96. The van der Waals surface area contributed by atoms with E-state index in [4.69, 9.17) is 0 Å². The second kappa shape index (κ2) is 10.5. The minimum atomic E-state index is -0.0955. The highest BCUT2D eigenvalue weighted by molar-refractivity contribution is 5.81. The Morgan fingerprint density at radius 1 is 1.24 bits per heavy atom. The molecule has 4 heteroatoms. The van der Waals surface area contributed by atoms with E-state index in [2.05, 4.69) is 36.4 Å². The van der Waals surface area contributed by atoms with Gasteiger partial charge in [0.05, 0.1) is 6.04 Å². The largest absolute Gasteiger partial charge is 0.355 e. The van der Waals surface area contributed by atoms with Crippen LogP contribution in [0.15, 0.2) is 0 Å². The number of hydrogen-bond acceptors (Lipinski definition) is 3. The van der Waals surface area contributed by atoms with Crippen molar-refractivity contribution in [2.45, 2.75) is 46.1 Å². The van der Waals surface area contributed by atoms with Gasteiger partial charge in [-0.2, -0.15) is 0 Å². The highest BCUT2D eigenvalue weighted by Gasteiger charge is 2.10. The molecule has 0 fully saturated rings. The first-order valence-electron chi connectivity index (χ1n) is 6.81. The molecular weight excluding hydrogens is 214 g/mol. The maximum Gasteiger partial charge on any atom is 0.236 e. The quantitative estimate of drug-likeness (QED) is 0.567. The highest BCUT2D eigenvalue weighted by Crippen LogP contribution is 1.91. The summed E-state index contributed by atoms with van der Waals surface area (Å²) in [6.45, 7) is 9.88. The SMILES string of the molecule is CCCCCNC(=O)C(C)NCCN(C)CC. The summed E-state index contributed by atoms with van der Waals surface area (Å²) in [7, 11) is 2.08. The van der Waals surface area contributed by atoms with Crippen molar-refractivity contribution in [2.75, 3.05) is 33.2 Å². The Balaban J connectivity index is 3.53. The molecular formula is C13H29N3O. The maximum absolute atomic E-state index is 11.7. The van der Waals surface area contributed by atoms with E-state index in [1.54, 1.807) is 0 Å². The Hall–Kier alpha value is -0.610. The average Bonchev–Trinajstić information content (AvgIpc) is 2.33. The number of unbranched alkanes of at least 4 members (excludes halogenated alkanes) is 2. The van der Waals surface area contributed by atoms with Crippen LogP contribution in [0, 0.1) is 0 Å². The lowest BCUT2D eigenvalue weighted by molar-refractivity contribution is -0.122. The minimum Gasteiger partial charge on any atom is -0.355 e. The van der Waals surface area contributed by atoms with Crippen LogP contribution >= 0.6 is 0 Å². The van der Waals surface area contributed by atoms with E-state index < -0.39 is 0 Å². The fourth-order valence-electron chi connectivity index (χ4n) is 1.46. The molecule has 102 valence electrons. The molecule has 0 heterocycles. The van der Waals surface area contributed by atoms with Crippen molar-refractivity contribution < 1.29 is 4.79 Å².